The van der Waals surface area contributed by atoms with Crippen LogP contribution in [0.1, 0.15) is 52.0 Å². The van der Waals surface area contributed by atoms with Gasteiger partial charge in [-0.1, -0.05) is 32.9 Å². The van der Waals surface area contributed by atoms with Crippen LogP contribution in [0.25, 0.3) is 0 Å². The van der Waals surface area contributed by atoms with E-state index in [1.54, 1.807) is 12.1 Å². The van der Waals surface area contributed by atoms with Gasteiger partial charge in [0.05, 0.1) is 4.90 Å². The highest BCUT2D eigenvalue weighted by atomic mass is 32.2. The maximum absolute atomic E-state index is 12.4. The molecule has 0 radical (unpaired) electrons. The molecule has 0 spiro atoms. The Morgan fingerprint density at radius 2 is 1.67 bits per heavy atom. The van der Waals surface area contributed by atoms with Crippen molar-refractivity contribution >= 4 is 10.0 Å². The summed E-state index contributed by atoms with van der Waals surface area (Å²) in [4.78, 5) is 0.383. The zero-order valence-electron chi connectivity index (χ0n) is 13.3. The summed E-state index contributed by atoms with van der Waals surface area (Å²) in [6.07, 6.45) is 5.10. The van der Waals surface area contributed by atoms with E-state index >= 15 is 0 Å². The largest absolute Gasteiger partial charge is 0.240 e. The second-order valence-electron chi connectivity index (χ2n) is 6.82. The molecule has 1 N–H and O–H groups in total. The Labute approximate surface area is 129 Å². The molecule has 0 unspecified atom stereocenters. The SMILES string of the molecule is CC(C)Cc1ccc(S(=O)(=O)NC2CCC(C)CC2)cc1. The van der Waals surface area contributed by atoms with Crippen LogP contribution in [0.15, 0.2) is 29.2 Å². The third-order valence-corrected chi connectivity index (χ3v) is 5.75. The molecule has 4 heteroatoms. The van der Waals surface area contributed by atoms with E-state index in [0.717, 1.165) is 38.0 Å². The van der Waals surface area contributed by atoms with Crippen LogP contribution in [-0.2, 0) is 16.4 Å². The Hall–Kier alpha value is -0.870. The van der Waals surface area contributed by atoms with Gasteiger partial charge in [-0.05, 0) is 61.6 Å². The molecule has 1 fully saturated rings. The van der Waals surface area contributed by atoms with Crippen molar-refractivity contribution in [3.63, 3.8) is 0 Å². The Morgan fingerprint density at radius 1 is 1.10 bits per heavy atom. The first-order valence-corrected chi connectivity index (χ1v) is 9.46. The van der Waals surface area contributed by atoms with Crippen LogP contribution in [0.4, 0.5) is 0 Å². The number of nitrogens with one attached hydrogen (secondary N) is 1. The highest BCUT2D eigenvalue weighted by Crippen LogP contribution is 2.25. The molecule has 0 atom stereocenters. The zero-order valence-corrected chi connectivity index (χ0v) is 14.1. The molecular formula is C17H27NO2S. The first-order valence-electron chi connectivity index (χ1n) is 7.98. The summed E-state index contributed by atoms with van der Waals surface area (Å²) in [7, 11) is -3.37. The van der Waals surface area contributed by atoms with Crippen LogP contribution < -0.4 is 4.72 Å². The van der Waals surface area contributed by atoms with Gasteiger partial charge in [0.1, 0.15) is 0 Å². The fraction of sp³-hybridized carbons (Fsp3) is 0.647. The quantitative estimate of drug-likeness (QED) is 0.900. The number of hydrogen-bond acceptors (Lipinski definition) is 2. The average molecular weight is 309 g/mol. The summed E-state index contributed by atoms with van der Waals surface area (Å²) in [5.74, 6) is 1.30. The molecule has 0 bridgehead atoms. The molecule has 0 saturated heterocycles. The first-order chi connectivity index (χ1) is 9.87. The van der Waals surface area contributed by atoms with Crippen LogP contribution in [0, 0.1) is 11.8 Å². The Balaban J connectivity index is 2.02. The van der Waals surface area contributed by atoms with E-state index in [9.17, 15) is 8.42 Å². The molecule has 2 rings (SSSR count). The third kappa shape index (κ3) is 4.82. The topological polar surface area (TPSA) is 46.2 Å². The lowest BCUT2D eigenvalue weighted by molar-refractivity contribution is 0.332. The standard InChI is InChI=1S/C17H27NO2S/c1-13(2)12-15-6-10-17(11-7-15)21(19,20)18-16-8-4-14(3)5-9-16/h6-7,10-11,13-14,16,18H,4-5,8-9,12H2,1-3H3. The lowest BCUT2D eigenvalue weighted by Gasteiger charge is -2.26. The van der Waals surface area contributed by atoms with Gasteiger partial charge in [-0.2, -0.15) is 0 Å². The molecule has 1 aliphatic rings. The van der Waals surface area contributed by atoms with Crippen LogP contribution in [0.3, 0.4) is 0 Å². The molecule has 3 nitrogen and oxygen atoms in total. The van der Waals surface area contributed by atoms with E-state index in [0.29, 0.717) is 10.8 Å². The average Bonchev–Trinajstić information content (AvgIpc) is 2.41. The smallest absolute Gasteiger partial charge is 0.208 e. The van der Waals surface area contributed by atoms with E-state index in [1.807, 2.05) is 12.1 Å². The summed E-state index contributed by atoms with van der Waals surface area (Å²) in [5.41, 5.74) is 1.19. The number of sulfonamides is 1. The molecule has 118 valence electrons. The molecule has 1 aliphatic carbocycles. The van der Waals surface area contributed by atoms with Crippen molar-refractivity contribution in [2.75, 3.05) is 0 Å². The lowest BCUT2D eigenvalue weighted by atomic mass is 9.88. The Kier molecular flexibility index (Phi) is 5.44. The number of rotatable bonds is 5. The van der Waals surface area contributed by atoms with Crippen LogP contribution >= 0.6 is 0 Å². The number of benzene rings is 1. The van der Waals surface area contributed by atoms with Gasteiger partial charge in [0.2, 0.25) is 10.0 Å². The van der Waals surface area contributed by atoms with Crippen LogP contribution in [0.2, 0.25) is 0 Å². The summed E-state index contributed by atoms with van der Waals surface area (Å²) in [6, 6.07) is 7.41. The molecule has 1 saturated carbocycles. The molecule has 1 aromatic carbocycles. The van der Waals surface area contributed by atoms with Gasteiger partial charge in [0, 0.05) is 6.04 Å². The summed E-state index contributed by atoms with van der Waals surface area (Å²) in [5, 5.41) is 0. The monoisotopic (exact) mass is 309 g/mol. The summed E-state index contributed by atoms with van der Waals surface area (Å²) >= 11 is 0. The van der Waals surface area contributed by atoms with Gasteiger partial charge in [-0.3, -0.25) is 0 Å². The van der Waals surface area contributed by atoms with E-state index in [4.69, 9.17) is 0 Å². The van der Waals surface area contributed by atoms with E-state index in [2.05, 4.69) is 25.5 Å². The van der Waals surface area contributed by atoms with Crippen molar-refractivity contribution in [1.29, 1.82) is 0 Å². The van der Waals surface area contributed by atoms with Gasteiger partial charge >= 0.3 is 0 Å². The second kappa shape index (κ2) is 6.93. The van der Waals surface area contributed by atoms with Crippen molar-refractivity contribution < 1.29 is 8.42 Å². The molecule has 0 aromatic heterocycles. The molecule has 1 aromatic rings. The predicted molar refractivity (Wildman–Crippen MR) is 86.7 cm³/mol. The second-order valence-corrected chi connectivity index (χ2v) is 8.53. The molecule has 0 amide bonds. The predicted octanol–water partition coefficient (Wildman–Crippen LogP) is 3.74. The molecular weight excluding hydrogens is 282 g/mol. The van der Waals surface area contributed by atoms with Gasteiger partial charge in [0.15, 0.2) is 0 Å². The summed E-state index contributed by atoms with van der Waals surface area (Å²) in [6.45, 7) is 6.56. The Bertz CT molecular complexity index is 541. The molecule has 0 aliphatic heterocycles. The van der Waals surface area contributed by atoms with Crippen LogP contribution in [-0.4, -0.2) is 14.5 Å². The maximum Gasteiger partial charge on any atom is 0.240 e. The van der Waals surface area contributed by atoms with Crippen molar-refractivity contribution in [3.05, 3.63) is 29.8 Å². The fourth-order valence-corrected chi connectivity index (χ4v) is 4.25. The van der Waals surface area contributed by atoms with Crippen LogP contribution in [0.5, 0.6) is 0 Å². The summed E-state index contributed by atoms with van der Waals surface area (Å²) < 4.78 is 27.7. The van der Waals surface area contributed by atoms with Crippen molar-refractivity contribution in [2.45, 2.75) is 63.8 Å². The van der Waals surface area contributed by atoms with E-state index < -0.39 is 10.0 Å². The minimum atomic E-state index is -3.37. The van der Waals surface area contributed by atoms with Crippen molar-refractivity contribution in [1.82, 2.24) is 4.72 Å². The van der Waals surface area contributed by atoms with Gasteiger partial charge in [-0.25, -0.2) is 13.1 Å². The number of hydrogen-bond donors (Lipinski definition) is 1. The minimum Gasteiger partial charge on any atom is -0.208 e. The van der Waals surface area contributed by atoms with Gasteiger partial charge < -0.3 is 0 Å². The minimum absolute atomic E-state index is 0.0986. The highest BCUT2D eigenvalue weighted by Gasteiger charge is 2.23. The fourth-order valence-electron chi connectivity index (χ4n) is 2.94. The first kappa shape index (κ1) is 16.5. The maximum atomic E-state index is 12.4. The molecule has 21 heavy (non-hydrogen) atoms. The van der Waals surface area contributed by atoms with Crippen molar-refractivity contribution in [3.8, 4) is 0 Å². The highest BCUT2D eigenvalue weighted by molar-refractivity contribution is 7.89. The Morgan fingerprint density at radius 3 is 2.19 bits per heavy atom. The van der Waals surface area contributed by atoms with E-state index in [-0.39, 0.29) is 6.04 Å². The zero-order chi connectivity index (χ0) is 15.5. The van der Waals surface area contributed by atoms with E-state index in [1.165, 1.54) is 5.56 Å². The van der Waals surface area contributed by atoms with Crippen molar-refractivity contribution in [2.24, 2.45) is 11.8 Å². The lowest BCUT2D eigenvalue weighted by Crippen LogP contribution is -2.37. The van der Waals surface area contributed by atoms with Gasteiger partial charge in [0.25, 0.3) is 0 Å². The normalized spacial score (nSPS) is 23.4. The third-order valence-electron chi connectivity index (χ3n) is 4.22. The molecule has 0 heterocycles. The van der Waals surface area contributed by atoms with Gasteiger partial charge in [-0.15, -0.1) is 0 Å².